The molecule has 0 saturated carbocycles. The topological polar surface area (TPSA) is 50.8 Å². The van der Waals surface area contributed by atoms with E-state index in [4.69, 9.17) is 9.47 Å². The summed E-state index contributed by atoms with van der Waals surface area (Å²) < 4.78 is 11.1. The van der Waals surface area contributed by atoms with Crippen LogP contribution in [0.25, 0.3) is 0 Å². The third-order valence-electron chi connectivity index (χ3n) is 4.15. The number of anilines is 2. The summed E-state index contributed by atoms with van der Waals surface area (Å²) in [6.45, 7) is 6.60. The average molecular weight is 340 g/mol. The van der Waals surface area contributed by atoms with E-state index >= 15 is 0 Å². The summed E-state index contributed by atoms with van der Waals surface area (Å²) in [7, 11) is 0. The fourth-order valence-corrected chi connectivity index (χ4v) is 2.79. The van der Waals surface area contributed by atoms with Gasteiger partial charge in [0.1, 0.15) is 5.75 Å². The predicted molar refractivity (Wildman–Crippen MR) is 99.4 cm³/mol. The van der Waals surface area contributed by atoms with Crippen LogP contribution in [-0.2, 0) is 9.53 Å². The first-order valence-corrected chi connectivity index (χ1v) is 8.56. The summed E-state index contributed by atoms with van der Waals surface area (Å²) in [5.74, 6) is 0.519. The van der Waals surface area contributed by atoms with Crippen LogP contribution in [0.2, 0.25) is 0 Å². The molecule has 1 fully saturated rings. The number of hydrogen-bond acceptors (Lipinski definition) is 4. The van der Waals surface area contributed by atoms with E-state index in [2.05, 4.69) is 17.1 Å². The number of benzene rings is 2. The Bertz CT molecular complexity index is 698. The second kappa shape index (κ2) is 8.03. The number of amides is 1. The lowest BCUT2D eigenvalue weighted by Crippen LogP contribution is -2.41. The number of nitrogens with zero attached hydrogens (tertiary/aromatic N) is 1. The number of rotatable bonds is 5. The number of hydrogen-bond donors (Lipinski definition) is 1. The lowest BCUT2D eigenvalue weighted by Gasteiger charge is -2.33. The van der Waals surface area contributed by atoms with Crippen molar-refractivity contribution in [2.45, 2.75) is 20.0 Å². The van der Waals surface area contributed by atoms with Crippen LogP contribution in [0.4, 0.5) is 11.4 Å². The summed E-state index contributed by atoms with van der Waals surface area (Å²) in [5.41, 5.74) is 3.07. The molecule has 0 aromatic heterocycles. The summed E-state index contributed by atoms with van der Waals surface area (Å²) in [4.78, 5) is 14.3. The molecule has 1 saturated heterocycles. The van der Waals surface area contributed by atoms with Crippen LogP contribution in [-0.4, -0.2) is 38.3 Å². The van der Waals surface area contributed by atoms with Crippen LogP contribution in [0.15, 0.2) is 48.5 Å². The fraction of sp³-hybridized carbons (Fsp3) is 0.350. The molecule has 5 heteroatoms. The molecule has 1 aliphatic heterocycles. The zero-order valence-corrected chi connectivity index (χ0v) is 14.7. The highest BCUT2D eigenvalue weighted by atomic mass is 16.5. The minimum atomic E-state index is -0.173. The van der Waals surface area contributed by atoms with E-state index in [-0.39, 0.29) is 18.6 Å². The minimum absolute atomic E-state index is 0.00814. The Morgan fingerprint density at radius 3 is 2.60 bits per heavy atom. The molecule has 1 atom stereocenters. The van der Waals surface area contributed by atoms with Gasteiger partial charge in [-0.2, -0.15) is 0 Å². The Hall–Kier alpha value is -2.53. The highest BCUT2D eigenvalue weighted by molar-refractivity contribution is 5.92. The van der Waals surface area contributed by atoms with Gasteiger partial charge >= 0.3 is 0 Å². The molecule has 2 aromatic rings. The molecule has 2 aromatic carbocycles. The van der Waals surface area contributed by atoms with Crippen molar-refractivity contribution >= 4 is 17.3 Å². The molecule has 0 spiro atoms. The zero-order chi connectivity index (χ0) is 17.6. The second-order valence-corrected chi connectivity index (χ2v) is 6.32. The van der Waals surface area contributed by atoms with Crippen molar-refractivity contribution in [3.8, 4) is 5.75 Å². The monoisotopic (exact) mass is 340 g/mol. The van der Waals surface area contributed by atoms with E-state index in [1.165, 1.54) is 0 Å². The van der Waals surface area contributed by atoms with Gasteiger partial charge in [-0.3, -0.25) is 4.79 Å². The largest absolute Gasteiger partial charge is 0.484 e. The van der Waals surface area contributed by atoms with Crippen molar-refractivity contribution in [1.29, 1.82) is 0 Å². The molecule has 1 amide bonds. The molecule has 1 aliphatic rings. The molecule has 5 nitrogen and oxygen atoms in total. The van der Waals surface area contributed by atoms with Gasteiger partial charge in [0.2, 0.25) is 0 Å². The fourth-order valence-electron chi connectivity index (χ4n) is 2.79. The van der Waals surface area contributed by atoms with E-state index in [0.29, 0.717) is 5.75 Å². The first kappa shape index (κ1) is 17.3. The lowest BCUT2D eigenvalue weighted by molar-refractivity contribution is -0.118. The SMILES string of the molecule is Cc1ccc(OCC(=O)Nc2ccc(N3CCOC(C)C3)cc2)cc1. The zero-order valence-electron chi connectivity index (χ0n) is 14.7. The molecular formula is C20H24N2O3. The van der Waals surface area contributed by atoms with Gasteiger partial charge in [0, 0.05) is 24.5 Å². The van der Waals surface area contributed by atoms with Crippen LogP contribution in [0.3, 0.4) is 0 Å². The number of carbonyl (C=O) groups is 1. The quantitative estimate of drug-likeness (QED) is 0.908. The molecule has 1 heterocycles. The molecule has 132 valence electrons. The standard InChI is InChI=1S/C20H24N2O3/c1-15-3-9-19(10-4-15)25-14-20(23)21-17-5-7-18(8-6-17)22-11-12-24-16(2)13-22/h3-10,16H,11-14H2,1-2H3,(H,21,23). The van der Waals surface area contributed by atoms with Crippen LogP contribution >= 0.6 is 0 Å². The minimum Gasteiger partial charge on any atom is -0.484 e. The number of carbonyl (C=O) groups excluding carboxylic acids is 1. The first-order chi connectivity index (χ1) is 12.1. The normalized spacial score (nSPS) is 17.2. The van der Waals surface area contributed by atoms with Gasteiger partial charge in [0.25, 0.3) is 5.91 Å². The Kier molecular flexibility index (Phi) is 5.56. The van der Waals surface area contributed by atoms with Crippen LogP contribution in [0.1, 0.15) is 12.5 Å². The Labute approximate surface area is 148 Å². The Morgan fingerprint density at radius 1 is 1.20 bits per heavy atom. The van der Waals surface area contributed by atoms with E-state index in [1.54, 1.807) is 0 Å². The van der Waals surface area contributed by atoms with E-state index < -0.39 is 0 Å². The molecule has 0 aliphatic carbocycles. The summed E-state index contributed by atoms with van der Waals surface area (Å²) in [6.07, 6.45) is 0.243. The van der Waals surface area contributed by atoms with Gasteiger partial charge in [0.05, 0.1) is 12.7 Å². The van der Waals surface area contributed by atoms with Gasteiger partial charge in [-0.15, -0.1) is 0 Å². The summed E-state index contributed by atoms with van der Waals surface area (Å²) in [5, 5.41) is 2.86. The molecular weight excluding hydrogens is 316 g/mol. The van der Waals surface area contributed by atoms with Crippen molar-refractivity contribution in [2.24, 2.45) is 0 Å². The van der Waals surface area contributed by atoms with E-state index in [9.17, 15) is 4.79 Å². The summed E-state index contributed by atoms with van der Waals surface area (Å²) in [6, 6.07) is 15.5. The first-order valence-electron chi connectivity index (χ1n) is 8.56. The van der Waals surface area contributed by atoms with Gasteiger partial charge in [0.15, 0.2) is 6.61 Å². The third kappa shape index (κ3) is 4.97. The molecule has 0 bridgehead atoms. The van der Waals surface area contributed by atoms with Crippen molar-refractivity contribution in [1.82, 2.24) is 0 Å². The van der Waals surface area contributed by atoms with E-state index in [1.807, 2.05) is 55.5 Å². The van der Waals surface area contributed by atoms with Crippen molar-refractivity contribution in [2.75, 3.05) is 36.5 Å². The highest BCUT2D eigenvalue weighted by Gasteiger charge is 2.16. The van der Waals surface area contributed by atoms with E-state index in [0.717, 1.165) is 36.6 Å². The molecule has 1 N–H and O–H groups in total. The molecule has 3 rings (SSSR count). The lowest BCUT2D eigenvalue weighted by atomic mass is 10.2. The van der Waals surface area contributed by atoms with Gasteiger partial charge in [-0.25, -0.2) is 0 Å². The summed E-state index contributed by atoms with van der Waals surface area (Å²) >= 11 is 0. The molecule has 25 heavy (non-hydrogen) atoms. The van der Waals surface area contributed by atoms with Gasteiger partial charge < -0.3 is 19.7 Å². The smallest absolute Gasteiger partial charge is 0.262 e. The Balaban J connectivity index is 1.50. The van der Waals surface area contributed by atoms with Crippen LogP contribution in [0, 0.1) is 6.92 Å². The van der Waals surface area contributed by atoms with Crippen LogP contribution < -0.4 is 15.0 Å². The maximum Gasteiger partial charge on any atom is 0.262 e. The maximum atomic E-state index is 12.0. The van der Waals surface area contributed by atoms with Crippen LogP contribution in [0.5, 0.6) is 5.75 Å². The maximum absolute atomic E-state index is 12.0. The number of ether oxygens (including phenoxy) is 2. The number of aryl methyl sites for hydroxylation is 1. The Morgan fingerprint density at radius 2 is 1.92 bits per heavy atom. The average Bonchev–Trinajstić information content (AvgIpc) is 2.62. The van der Waals surface area contributed by atoms with Gasteiger partial charge in [-0.05, 0) is 50.2 Å². The second-order valence-electron chi connectivity index (χ2n) is 6.32. The van der Waals surface area contributed by atoms with Crippen molar-refractivity contribution in [3.63, 3.8) is 0 Å². The third-order valence-corrected chi connectivity index (χ3v) is 4.15. The van der Waals surface area contributed by atoms with Crippen molar-refractivity contribution in [3.05, 3.63) is 54.1 Å². The predicted octanol–water partition coefficient (Wildman–Crippen LogP) is 3.24. The molecule has 0 radical (unpaired) electrons. The van der Waals surface area contributed by atoms with Gasteiger partial charge in [-0.1, -0.05) is 17.7 Å². The number of nitrogens with one attached hydrogen (secondary N) is 1. The highest BCUT2D eigenvalue weighted by Crippen LogP contribution is 2.20. The molecule has 1 unspecified atom stereocenters. The number of morpholine rings is 1. The van der Waals surface area contributed by atoms with Crippen molar-refractivity contribution < 1.29 is 14.3 Å².